The average Bonchev–Trinajstić information content (AvgIpc) is 2.75. The summed E-state index contributed by atoms with van der Waals surface area (Å²) in [5.74, 6) is -2.81. The molecule has 1 aromatic heterocycles. The van der Waals surface area contributed by atoms with E-state index in [4.69, 9.17) is 0 Å². The Kier molecular flexibility index (Phi) is 6.26. The lowest BCUT2D eigenvalue weighted by Crippen LogP contribution is -2.53. The molecule has 2 aromatic rings. The largest absolute Gasteiger partial charge is 0.365 e. The van der Waals surface area contributed by atoms with Crippen molar-refractivity contribution >= 4 is 17.5 Å². The summed E-state index contributed by atoms with van der Waals surface area (Å²) in [7, 11) is 0. The van der Waals surface area contributed by atoms with E-state index in [-0.39, 0.29) is 55.2 Å². The first-order valence-electron chi connectivity index (χ1n) is 11.0. The first-order valence-corrected chi connectivity index (χ1v) is 11.0. The van der Waals surface area contributed by atoms with Crippen LogP contribution in [0.1, 0.15) is 48.7 Å². The number of aromatic nitrogens is 2. The van der Waals surface area contributed by atoms with Gasteiger partial charge in [-0.2, -0.15) is 0 Å². The highest BCUT2D eigenvalue weighted by Crippen LogP contribution is 2.33. The number of nitrogens with one attached hydrogen (secondary N) is 1. The van der Waals surface area contributed by atoms with Crippen LogP contribution in [0.25, 0.3) is 0 Å². The molecule has 0 radical (unpaired) electrons. The van der Waals surface area contributed by atoms with Gasteiger partial charge in [0.1, 0.15) is 11.5 Å². The summed E-state index contributed by atoms with van der Waals surface area (Å²) in [4.78, 5) is 25.4. The van der Waals surface area contributed by atoms with E-state index in [1.165, 1.54) is 18.3 Å². The first-order chi connectivity index (χ1) is 15.2. The molecular formula is C23H28F3N5O. The summed E-state index contributed by atoms with van der Waals surface area (Å²) in [5, 5.41) is 2.82. The quantitative estimate of drug-likeness (QED) is 0.769. The molecule has 1 saturated heterocycles. The van der Waals surface area contributed by atoms with Crippen LogP contribution < -0.4 is 15.1 Å². The molecule has 1 saturated carbocycles. The number of nitrogens with zero attached hydrogens (tertiary/aromatic N) is 4. The smallest absolute Gasteiger partial charge is 0.270 e. The van der Waals surface area contributed by atoms with Crippen molar-refractivity contribution < 1.29 is 18.0 Å². The molecule has 32 heavy (non-hydrogen) atoms. The first kappa shape index (κ1) is 22.4. The molecule has 1 aliphatic heterocycles. The lowest BCUT2D eigenvalue weighted by atomic mass is 9.92. The number of halogens is 3. The van der Waals surface area contributed by atoms with E-state index in [0.29, 0.717) is 31.3 Å². The fourth-order valence-electron chi connectivity index (χ4n) is 4.40. The van der Waals surface area contributed by atoms with E-state index in [1.807, 2.05) is 29.7 Å². The van der Waals surface area contributed by atoms with Crippen molar-refractivity contribution in [1.29, 1.82) is 0 Å². The molecule has 1 atom stereocenters. The Balaban J connectivity index is 1.40. The normalized spacial score (nSPS) is 21.5. The van der Waals surface area contributed by atoms with Gasteiger partial charge < -0.3 is 15.1 Å². The minimum Gasteiger partial charge on any atom is -0.365 e. The lowest BCUT2D eigenvalue weighted by Gasteiger charge is -2.41. The van der Waals surface area contributed by atoms with E-state index in [0.717, 1.165) is 5.56 Å². The summed E-state index contributed by atoms with van der Waals surface area (Å²) >= 11 is 0. The van der Waals surface area contributed by atoms with Crippen molar-refractivity contribution in [2.45, 2.75) is 57.5 Å². The Labute approximate surface area is 185 Å². The third kappa shape index (κ3) is 4.97. The third-order valence-corrected chi connectivity index (χ3v) is 6.26. The van der Waals surface area contributed by atoms with Crippen LogP contribution in [0.3, 0.4) is 0 Å². The zero-order valence-electron chi connectivity index (χ0n) is 18.3. The van der Waals surface area contributed by atoms with Crippen molar-refractivity contribution in [1.82, 2.24) is 15.3 Å². The van der Waals surface area contributed by atoms with Gasteiger partial charge in [-0.1, -0.05) is 6.07 Å². The molecule has 0 spiro atoms. The molecule has 6 nitrogen and oxygen atoms in total. The van der Waals surface area contributed by atoms with Crippen molar-refractivity contribution in [3.05, 3.63) is 47.5 Å². The number of alkyl halides is 2. The fourth-order valence-corrected chi connectivity index (χ4v) is 4.40. The number of hydrogen-bond donors (Lipinski definition) is 1. The van der Waals surface area contributed by atoms with Crippen LogP contribution in [-0.2, 0) is 0 Å². The lowest BCUT2D eigenvalue weighted by molar-refractivity contribution is -0.0399. The summed E-state index contributed by atoms with van der Waals surface area (Å²) in [6.07, 6.45) is 1.62. The van der Waals surface area contributed by atoms with Crippen LogP contribution in [0.4, 0.5) is 24.8 Å². The van der Waals surface area contributed by atoms with Crippen LogP contribution in [0.2, 0.25) is 0 Å². The minimum absolute atomic E-state index is 0.00309. The van der Waals surface area contributed by atoms with Gasteiger partial charge in [0.05, 0.1) is 5.69 Å². The minimum atomic E-state index is -2.64. The Morgan fingerprint density at radius 1 is 1.19 bits per heavy atom. The van der Waals surface area contributed by atoms with Crippen molar-refractivity contribution in [2.24, 2.45) is 0 Å². The van der Waals surface area contributed by atoms with Crippen LogP contribution >= 0.6 is 0 Å². The fraction of sp³-hybridized carbons (Fsp3) is 0.522. The Bertz CT molecular complexity index is 976. The van der Waals surface area contributed by atoms with Crippen molar-refractivity contribution in [3.8, 4) is 0 Å². The number of rotatable bonds is 4. The van der Waals surface area contributed by atoms with E-state index >= 15 is 0 Å². The molecule has 172 valence electrons. The number of benzene rings is 1. The van der Waals surface area contributed by atoms with E-state index in [9.17, 15) is 18.0 Å². The van der Waals surface area contributed by atoms with Gasteiger partial charge >= 0.3 is 0 Å². The maximum Gasteiger partial charge on any atom is 0.270 e. The van der Waals surface area contributed by atoms with Crippen LogP contribution in [-0.4, -0.2) is 53.5 Å². The Hall–Kier alpha value is -2.84. The van der Waals surface area contributed by atoms with Gasteiger partial charge in [0.15, 0.2) is 0 Å². The number of hydrogen-bond acceptors (Lipinski definition) is 5. The Morgan fingerprint density at radius 2 is 1.94 bits per heavy atom. The second-order valence-electron chi connectivity index (χ2n) is 8.79. The summed E-state index contributed by atoms with van der Waals surface area (Å²) in [5.41, 5.74) is 1.67. The number of carbonyl (C=O) groups excluding carboxylic acids is 1. The highest BCUT2D eigenvalue weighted by molar-refractivity contribution is 5.92. The van der Waals surface area contributed by atoms with E-state index in [2.05, 4.69) is 15.3 Å². The summed E-state index contributed by atoms with van der Waals surface area (Å²) in [6, 6.07) is 6.49. The molecule has 2 heterocycles. The van der Waals surface area contributed by atoms with E-state index in [1.54, 1.807) is 6.07 Å². The van der Waals surface area contributed by atoms with Gasteiger partial charge in [-0.25, -0.2) is 23.1 Å². The molecule has 2 aliphatic rings. The molecule has 2 fully saturated rings. The average molecular weight is 448 g/mol. The van der Waals surface area contributed by atoms with Crippen molar-refractivity contribution in [2.75, 3.05) is 29.4 Å². The molecular weight excluding hydrogens is 419 g/mol. The molecule has 1 amide bonds. The van der Waals surface area contributed by atoms with Gasteiger partial charge in [-0.3, -0.25) is 4.79 Å². The van der Waals surface area contributed by atoms with Gasteiger partial charge in [0.2, 0.25) is 11.9 Å². The highest BCUT2D eigenvalue weighted by atomic mass is 19.3. The van der Waals surface area contributed by atoms with Crippen molar-refractivity contribution in [3.63, 3.8) is 0 Å². The standard InChI is InChI=1S/C23H28F3N5O/c1-15-3-4-20(18(24)13-15)30-11-12-31(16(2)14-30)22-27-10-7-19(29-22)21(32)28-17-5-8-23(25,26)9-6-17/h3-4,7,10,13,16-17H,5-6,8-9,11-12,14H2,1-2H3,(H,28,32)/t16-/m1/s1. The number of aryl methyl sites for hydroxylation is 1. The third-order valence-electron chi connectivity index (χ3n) is 6.26. The molecule has 0 unspecified atom stereocenters. The molecule has 0 bridgehead atoms. The number of anilines is 2. The monoisotopic (exact) mass is 447 g/mol. The molecule has 1 aliphatic carbocycles. The maximum atomic E-state index is 14.4. The highest BCUT2D eigenvalue weighted by Gasteiger charge is 2.35. The van der Waals surface area contributed by atoms with Crippen LogP contribution in [0.15, 0.2) is 30.5 Å². The maximum absolute atomic E-state index is 14.4. The topological polar surface area (TPSA) is 61.4 Å². The van der Waals surface area contributed by atoms with Crippen LogP contribution in [0.5, 0.6) is 0 Å². The van der Waals surface area contributed by atoms with Gasteiger partial charge in [0.25, 0.3) is 5.91 Å². The number of carbonyl (C=O) groups is 1. The Morgan fingerprint density at radius 3 is 2.62 bits per heavy atom. The summed E-state index contributed by atoms with van der Waals surface area (Å²) < 4.78 is 41.1. The SMILES string of the molecule is Cc1ccc(N2CCN(c3nccc(C(=O)NC4CCC(F)(F)CC4)n3)[C@H](C)C2)c(F)c1. The predicted octanol–water partition coefficient (Wildman–Crippen LogP) is 3.95. The van der Waals surface area contributed by atoms with Crippen LogP contribution in [0, 0.1) is 12.7 Å². The predicted molar refractivity (Wildman–Crippen MR) is 117 cm³/mol. The van der Waals surface area contributed by atoms with E-state index < -0.39 is 5.92 Å². The molecule has 1 aromatic carbocycles. The number of amides is 1. The molecule has 4 rings (SSSR count). The van der Waals surface area contributed by atoms with Gasteiger partial charge in [-0.05, 0) is 50.5 Å². The second kappa shape index (κ2) is 8.96. The van der Waals surface area contributed by atoms with Gasteiger partial charge in [-0.15, -0.1) is 0 Å². The second-order valence-corrected chi connectivity index (χ2v) is 8.79. The zero-order chi connectivity index (χ0) is 22.9. The molecule has 1 N–H and O–H groups in total. The van der Waals surface area contributed by atoms with Gasteiger partial charge in [0, 0.05) is 50.8 Å². The number of piperazine rings is 1. The molecule has 9 heteroatoms. The zero-order valence-corrected chi connectivity index (χ0v) is 18.3. The summed E-state index contributed by atoms with van der Waals surface area (Å²) in [6.45, 7) is 5.64.